The van der Waals surface area contributed by atoms with Crippen LogP contribution in [-0.2, 0) is 17.9 Å². The highest BCUT2D eigenvalue weighted by molar-refractivity contribution is 7.12. The molecule has 0 amide bonds. The van der Waals surface area contributed by atoms with E-state index < -0.39 is 0 Å². The fraction of sp³-hybridized carbons (Fsp3) is 0.733. The molecule has 0 saturated heterocycles. The van der Waals surface area contributed by atoms with Gasteiger partial charge in [0, 0.05) is 22.9 Å². The van der Waals surface area contributed by atoms with Crippen LogP contribution in [0.5, 0.6) is 0 Å². The molecule has 1 N–H and O–H groups in total. The van der Waals surface area contributed by atoms with E-state index in [-0.39, 0.29) is 0 Å². The number of nitrogens with one attached hydrogen (secondary N) is 1. The maximum Gasteiger partial charge on any atom is 0.0727 e. The van der Waals surface area contributed by atoms with Gasteiger partial charge in [0.15, 0.2) is 0 Å². The Kier molecular flexibility index (Phi) is 8.31. The zero-order valence-corrected chi connectivity index (χ0v) is 12.9. The van der Waals surface area contributed by atoms with Crippen molar-refractivity contribution in [1.82, 2.24) is 5.32 Å². The molecule has 1 heterocycles. The fourth-order valence-corrected chi connectivity index (χ4v) is 2.86. The van der Waals surface area contributed by atoms with Crippen molar-refractivity contribution < 1.29 is 4.74 Å². The van der Waals surface area contributed by atoms with Gasteiger partial charge in [-0.05, 0) is 37.9 Å². The summed E-state index contributed by atoms with van der Waals surface area (Å²) in [6.07, 6.45) is 4.91. The van der Waals surface area contributed by atoms with Crippen molar-refractivity contribution in [2.75, 3.05) is 13.2 Å². The van der Waals surface area contributed by atoms with Crippen molar-refractivity contribution in [1.29, 1.82) is 0 Å². The molecule has 0 aliphatic carbocycles. The van der Waals surface area contributed by atoms with Crippen LogP contribution >= 0.6 is 11.3 Å². The Morgan fingerprint density at radius 2 is 2.06 bits per heavy atom. The predicted octanol–water partition coefficient (Wildman–Crippen LogP) is 4.26. The largest absolute Gasteiger partial charge is 0.377 e. The van der Waals surface area contributed by atoms with E-state index in [2.05, 4.69) is 32.2 Å². The minimum absolute atomic E-state index is 0.778. The number of ether oxygens (including phenoxy) is 1. The molecule has 18 heavy (non-hydrogen) atoms. The Morgan fingerprint density at radius 3 is 2.78 bits per heavy atom. The van der Waals surface area contributed by atoms with Crippen LogP contribution in [0.2, 0.25) is 0 Å². The highest BCUT2D eigenvalue weighted by Gasteiger charge is 2.05. The van der Waals surface area contributed by atoms with Crippen LogP contribution in [0.4, 0.5) is 0 Å². The van der Waals surface area contributed by atoms with Crippen molar-refractivity contribution in [2.45, 2.75) is 59.6 Å². The highest BCUT2D eigenvalue weighted by atomic mass is 32.1. The van der Waals surface area contributed by atoms with Gasteiger partial charge >= 0.3 is 0 Å². The van der Waals surface area contributed by atoms with Gasteiger partial charge in [-0.25, -0.2) is 0 Å². The minimum Gasteiger partial charge on any atom is -0.377 e. The first-order valence-corrected chi connectivity index (χ1v) is 7.96. The first-order chi connectivity index (χ1) is 8.77. The van der Waals surface area contributed by atoms with E-state index in [0.717, 1.165) is 26.3 Å². The standard InChI is InChI=1S/C15H27NOS/c1-4-6-7-9-17-12-14-10-15(18-13(14)3)11-16-8-5-2/h10,16H,4-9,11-12H2,1-3H3. The maximum absolute atomic E-state index is 5.73. The van der Waals surface area contributed by atoms with E-state index in [1.165, 1.54) is 41.0 Å². The van der Waals surface area contributed by atoms with Crippen LogP contribution in [0.3, 0.4) is 0 Å². The first-order valence-electron chi connectivity index (χ1n) is 7.14. The maximum atomic E-state index is 5.73. The van der Waals surface area contributed by atoms with Crippen LogP contribution in [-0.4, -0.2) is 13.2 Å². The summed E-state index contributed by atoms with van der Waals surface area (Å²) >= 11 is 1.89. The quantitative estimate of drug-likeness (QED) is 0.641. The lowest BCUT2D eigenvalue weighted by Crippen LogP contribution is -2.12. The third kappa shape index (κ3) is 5.98. The topological polar surface area (TPSA) is 21.3 Å². The number of rotatable bonds is 10. The molecule has 0 saturated carbocycles. The Bertz CT molecular complexity index is 322. The Hall–Kier alpha value is -0.380. The van der Waals surface area contributed by atoms with Gasteiger partial charge in [-0.15, -0.1) is 11.3 Å². The lowest BCUT2D eigenvalue weighted by Gasteiger charge is -2.02. The summed E-state index contributed by atoms with van der Waals surface area (Å²) in [4.78, 5) is 2.83. The lowest BCUT2D eigenvalue weighted by atomic mass is 10.2. The van der Waals surface area contributed by atoms with E-state index in [1.807, 2.05) is 11.3 Å². The second-order valence-corrected chi connectivity index (χ2v) is 6.07. The molecular formula is C15H27NOS. The van der Waals surface area contributed by atoms with Gasteiger partial charge in [-0.2, -0.15) is 0 Å². The van der Waals surface area contributed by atoms with Crippen molar-refractivity contribution in [3.8, 4) is 0 Å². The predicted molar refractivity (Wildman–Crippen MR) is 80.2 cm³/mol. The zero-order valence-electron chi connectivity index (χ0n) is 12.1. The van der Waals surface area contributed by atoms with Gasteiger partial charge in [-0.3, -0.25) is 0 Å². The summed E-state index contributed by atoms with van der Waals surface area (Å²) in [5.41, 5.74) is 1.37. The van der Waals surface area contributed by atoms with Gasteiger partial charge < -0.3 is 10.1 Å². The van der Waals surface area contributed by atoms with Crippen LogP contribution in [0.15, 0.2) is 6.07 Å². The first kappa shape index (κ1) is 15.7. The SMILES string of the molecule is CCCCCOCc1cc(CNCCC)sc1C. The van der Waals surface area contributed by atoms with Gasteiger partial charge in [0.1, 0.15) is 0 Å². The normalized spacial score (nSPS) is 11.1. The second kappa shape index (κ2) is 9.54. The fourth-order valence-electron chi connectivity index (χ4n) is 1.84. The molecule has 0 spiro atoms. The molecule has 0 bridgehead atoms. The van der Waals surface area contributed by atoms with Crippen LogP contribution in [0, 0.1) is 6.92 Å². The van der Waals surface area contributed by atoms with Crippen molar-refractivity contribution in [3.63, 3.8) is 0 Å². The summed E-state index contributed by atoms with van der Waals surface area (Å²) < 4.78 is 5.73. The van der Waals surface area contributed by atoms with Crippen molar-refractivity contribution >= 4 is 11.3 Å². The van der Waals surface area contributed by atoms with Gasteiger partial charge in [-0.1, -0.05) is 26.7 Å². The molecule has 0 atom stereocenters. The Balaban J connectivity index is 2.27. The summed E-state index contributed by atoms with van der Waals surface area (Å²) in [5, 5.41) is 3.45. The van der Waals surface area contributed by atoms with Crippen LogP contribution in [0.1, 0.15) is 54.8 Å². The minimum atomic E-state index is 0.778. The molecule has 0 aromatic carbocycles. The zero-order chi connectivity index (χ0) is 13.2. The van der Waals surface area contributed by atoms with E-state index >= 15 is 0 Å². The van der Waals surface area contributed by atoms with E-state index in [4.69, 9.17) is 4.74 Å². The third-order valence-electron chi connectivity index (χ3n) is 2.95. The van der Waals surface area contributed by atoms with Gasteiger partial charge in [0.2, 0.25) is 0 Å². The molecule has 0 radical (unpaired) electrons. The molecule has 104 valence electrons. The number of hydrogen-bond acceptors (Lipinski definition) is 3. The molecule has 0 unspecified atom stereocenters. The molecule has 3 heteroatoms. The molecule has 0 aliphatic rings. The summed E-state index contributed by atoms with van der Waals surface area (Å²) in [7, 11) is 0. The monoisotopic (exact) mass is 269 g/mol. The summed E-state index contributed by atoms with van der Waals surface area (Å²) in [5.74, 6) is 0. The average molecular weight is 269 g/mol. The number of aryl methyl sites for hydroxylation is 1. The molecule has 1 aromatic rings. The second-order valence-electron chi connectivity index (χ2n) is 4.73. The molecular weight excluding hydrogens is 242 g/mol. The third-order valence-corrected chi connectivity index (χ3v) is 4.04. The Morgan fingerprint density at radius 1 is 1.22 bits per heavy atom. The number of unbranched alkanes of at least 4 members (excludes halogenated alkanes) is 2. The van der Waals surface area contributed by atoms with E-state index in [9.17, 15) is 0 Å². The summed E-state index contributed by atoms with van der Waals surface area (Å²) in [6.45, 7) is 10.4. The smallest absolute Gasteiger partial charge is 0.0727 e. The van der Waals surface area contributed by atoms with Gasteiger partial charge in [0.25, 0.3) is 0 Å². The van der Waals surface area contributed by atoms with Crippen LogP contribution < -0.4 is 5.32 Å². The average Bonchev–Trinajstić information content (AvgIpc) is 2.70. The molecule has 0 aliphatic heterocycles. The van der Waals surface area contributed by atoms with E-state index in [1.54, 1.807) is 0 Å². The lowest BCUT2D eigenvalue weighted by molar-refractivity contribution is 0.117. The molecule has 2 nitrogen and oxygen atoms in total. The molecule has 0 fully saturated rings. The van der Waals surface area contributed by atoms with E-state index in [0.29, 0.717) is 0 Å². The number of hydrogen-bond donors (Lipinski definition) is 1. The van der Waals surface area contributed by atoms with Crippen molar-refractivity contribution in [2.24, 2.45) is 0 Å². The van der Waals surface area contributed by atoms with Gasteiger partial charge in [0.05, 0.1) is 6.61 Å². The molecule has 1 aromatic heterocycles. The summed E-state index contributed by atoms with van der Waals surface area (Å²) in [6, 6.07) is 2.29. The van der Waals surface area contributed by atoms with Crippen molar-refractivity contribution in [3.05, 3.63) is 21.4 Å². The highest BCUT2D eigenvalue weighted by Crippen LogP contribution is 2.22. The molecule has 1 rings (SSSR count). The van der Waals surface area contributed by atoms with Crippen LogP contribution in [0.25, 0.3) is 0 Å². The Labute approximate surface area is 116 Å². The number of thiophene rings is 1.